The number of hydrogen-bond acceptors (Lipinski definition) is 7. The zero-order valence-corrected chi connectivity index (χ0v) is 18.3. The molecule has 2 heterocycles. The average molecular weight is 470 g/mol. The summed E-state index contributed by atoms with van der Waals surface area (Å²) in [7, 11) is 0. The van der Waals surface area contributed by atoms with Gasteiger partial charge in [-0.25, -0.2) is 18.8 Å². The Morgan fingerprint density at radius 2 is 1.62 bits per heavy atom. The fourth-order valence-electron chi connectivity index (χ4n) is 3.78. The maximum Gasteiger partial charge on any atom is 0.338 e. The molecule has 0 aromatic heterocycles. The van der Waals surface area contributed by atoms with Gasteiger partial charge in [-0.2, -0.15) is 0 Å². The minimum atomic E-state index is -1.95. The highest BCUT2D eigenvalue weighted by atomic mass is 19.1. The molecule has 2 aliphatic heterocycles. The van der Waals surface area contributed by atoms with Gasteiger partial charge in [-0.15, -0.1) is 0 Å². The molecule has 0 spiro atoms. The maximum atomic E-state index is 15.6. The van der Waals surface area contributed by atoms with Crippen LogP contribution >= 0.6 is 0 Å². The number of alkyl halides is 1. The van der Waals surface area contributed by atoms with Crippen molar-refractivity contribution in [2.24, 2.45) is 5.92 Å². The third kappa shape index (κ3) is 4.91. The molecule has 4 rings (SSSR count). The van der Waals surface area contributed by atoms with Crippen molar-refractivity contribution in [1.29, 1.82) is 0 Å². The molecule has 0 bridgehead atoms. The number of urea groups is 1. The van der Waals surface area contributed by atoms with Crippen LogP contribution in [0.4, 0.5) is 9.18 Å². The Labute approximate surface area is 194 Å². The second-order valence-electron chi connectivity index (χ2n) is 8.06. The van der Waals surface area contributed by atoms with Gasteiger partial charge in [-0.1, -0.05) is 43.3 Å². The second-order valence-corrected chi connectivity index (χ2v) is 8.06. The number of esters is 2. The third-order valence-corrected chi connectivity index (χ3v) is 5.62. The van der Waals surface area contributed by atoms with Crippen LogP contribution in [0.1, 0.15) is 27.6 Å². The van der Waals surface area contributed by atoms with Crippen LogP contribution in [-0.2, 0) is 19.0 Å². The molecule has 2 aromatic rings. The van der Waals surface area contributed by atoms with Crippen LogP contribution in [0.3, 0.4) is 0 Å². The number of hydrogen-bond donors (Lipinski definition) is 1. The number of rotatable bonds is 6. The first-order chi connectivity index (χ1) is 16.3. The fourth-order valence-corrected chi connectivity index (χ4v) is 3.78. The van der Waals surface area contributed by atoms with E-state index >= 15 is 4.39 Å². The molecule has 2 aromatic carbocycles. The van der Waals surface area contributed by atoms with Gasteiger partial charge in [0, 0.05) is 6.54 Å². The monoisotopic (exact) mass is 470 g/mol. The smallest absolute Gasteiger partial charge is 0.338 e. The highest BCUT2D eigenvalue weighted by Crippen LogP contribution is 2.31. The van der Waals surface area contributed by atoms with Crippen molar-refractivity contribution in [3.8, 4) is 0 Å². The highest BCUT2D eigenvalue weighted by Gasteiger charge is 2.53. The van der Waals surface area contributed by atoms with Crippen LogP contribution in [0, 0.1) is 5.92 Å². The number of amides is 3. The molecule has 2 fully saturated rings. The molecule has 2 aliphatic rings. The van der Waals surface area contributed by atoms with E-state index in [1.54, 1.807) is 55.5 Å². The summed E-state index contributed by atoms with van der Waals surface area (Å²) >= 11 is 0. The van der Waals surface area contributed by atoms with E-state index in [0.717, 1.165) is 4.90 Å². The summed E-state index contributed by atoms with van der Waals surface area (Å²) in [5.74, 6) is -2.52. The molecule has 1 N–H and O–H groups in total. The van der Waals surface area contributed by atoms with Crippen LogP contribution in [-0.4, -0.2) is 66.5 Å². The van der Waals surface area contributed by atoms with Crippen LogP contribution in [0.5, 0.6) is 0 Å². The highest BCUT2D eigenvalue weighted by molar-refractivity contribution is 5.98. The summed E-state index contributed by atoms with van der Waals surface area (Å²) in [6, 6.07) is 15.4. The van der Waals surface area contributed by atoms with Crippen molar-refractivity contribution < 1.29 is 37.8 Å². The number of benzene rings is 2. The van der Waals surface area contributed by atoms with E-state index in [1.165, 1.54) is 12.1 Å². The topological polar surface area (TPSA) is 111 Å². The lowest BCUT2D eigenvalue weighted by atomic mass is 10.1. The summed E-state index contributed by atoms with van der Waals surface area (Å²) in [4.78, 5) is 50.1. The van der Waals surface area contributed by atoms with Gasteiger partial charge in [0.2, 0.25) is 5.91 Å². The maximum absolute atomic E-state index is 15.6. The zero-order chi connectivity index (χ0) is 24.2. The molecule has 3 amide bonds. The van der Waals surface area contributed by atoms with Gasteiger partial charge in [0.25, 0.3) is 0 Å². The Balaban J connectivity index is 1.52. The second kappa shape index (κ2) is 10.0. The molecular weight excluding hydrogens is 447 g/mol. The van der Waals surface area contributed by atoms with Gasteiger partial charge in [-0.3, -0.25) is 15.0 Å². The summed E-state index contributed by atoms with van der Waals surface area (Å²) in [5, 5.41) is 2.15. The van der Waals surface area contributed by atoms with E-state index in [9.17, 15) is 19.2 Å². The van der Waals surface area contributed by atoms with E-state index < -0.39 is 61.0 Å². The van der Waals surface area contributed by atoms with Gasteiger partial charge in [-0.05, 0) is 24.3 Å². The lowest BCUT2D eigenvalue weighted by molar-refractivity contribution is -0.129. The van der Waals surface area contributed by atoms with Crippen LogP contribution in [0.2, 0.25) is 0 Å². The van der Waals surface area contributed by atoms with Crippen molar-refractivity contribution in [3.63, 3.8) is 0 Å². The lowest BCUT2D eigenvalue weighted by Crippen LogP contribution is -2.59. The fraction of sp³-hybridized carbons (Fsp3) is 0.333. The zero-order valence-electron chi connectivity index (χ0n) is 18.3. The average Bonchev–Trinajstić information content (AvgIpc) is 3.15. The molecule has 5 atom stereocenters. The predicted octanol–water partition coefficient (Wildman–Crippen LogP) is 2.32. The van der Waals surface area contributed by atoms with Gasteiger partial charge < -0.3 is 14.2 Å². The summed E-state index contributed by atoms with van der Waals surface area (Å²) < 4.78 is 32.0. The van der Waals surface area contributed by atoms with E-state index in [-0.39, 0.29) is 17.7 Å². The number of imide groups is 1. The first-order valence-electron chi connectivity index (χ1n) is 10.7. The summed E-state index contributed by atoms with van der Waals surface area (Å²) in [5.41, 5.74) is 0.488. The summed E-state index contributed by atoms with van der Waals surface area (Å²) in [6.07, 6.45) is -6.02. The van der Waals surface area contributed by atoms with E-state index in [1.807, 2.05) is 0 Å². The number of carbonyl (C=O) groups is 4. The summed E-state index contributed by atoms with van der Waals surface area (Å²) in [6.45, 7) is 1.09. The van der Waals surface area contributed by atoms with Gasteiger partial charge in [0.1, 0.15) is 12.7 Å². The molecule has 9 nitrogen and oxygen atoms in total. The minimum absolute atomic E-state index is 0.0777. The Bertz CT molecular complexity index is 1070. The van der Waals surface area contributed by atoms with Crippen LogP contribution in [0.25, 0.3) is 0 Å². The largest absolute Gasteiger partial charge is 0.459 e. The van der Waals surface area contributed by atoms with Gasteiger partial charge >= 0.3 is 18.0 Å². The van der Waals surface area contributed by atoms with E-state index in [2.05, 4.69) is 5.32 Å². The van der Waals surface area contributed by atoms with Crippen molar-refractivity contribution >= 4 is 23.9 Å². The van der Waals surface area contributed by atoms with Crippen LogP contribution in [0.15, 0.2) is 60.7 Å². The number of ether oxygens (including phenoxy) is 3. The molecule has 1 unspecified atom stereocenters. The van der Waals surface area contributed by atoms with Gasteiger partial charge in [0.15, 0.2) is 18.5 Å². The molecule has 10 heteroatoms. The lowest BCUT2D eigenvalue weighted by Gasteiger charge is -2.34. The number of nitrogens with zero attached hydrogens (tertiary/aromatic N) is 1. The van der Waals surface area contributed by atoms with Crippen LogP contribution < -0.4 is 5.32 Å². The SMILES string of the molecule is CC1CN([C@@H]2O[C@H](COC(=O)c3ccccc3)[C@@H](OC(=O)c3ccccc3)[C@@H]2F)C(=O)NC1=O. The molecule has 0 radical (unpaired) electrons. The third-order valence-electron chi connectivity index (χ3n) is 5.62. The van der Waals surface area contributed by atoms with Crippen molar-refractivity contribution in [2.75, 3.05) is 13.2 Å². The predicted molar refractivity (Wildman–Crippen MR) is 115 cm³/mol. The normalized spacial score (nSPS) is 26.6. The van der Waals surface area contributed by atoms with E-state index in [0.29, 0.717) is 0 Å². The van der Waals surface area contributed by atoms with Crippen molar-refractivity contribution in [1.82, 2.24) is 10.2 Å². The number of nitrogens with one attached hydrogen (secondary N) is 1. The molecule has 2 saturated heterocycles. The molecule has 0 saturated carbocycles. The molecule has 0 aliphatic carbocycles. The van der Waals surface area contributed by atoms with Gasteiger partial charge in [0.05, 0.1) is 17.0 Å². The number of halogens is 1. The Kier molecular flexibility index (Phi) is 6.87. The quantitative estimate of drug-likeness (QED) is 0.645. The molecule has 178 valence electrons. The first kappa shape index (κ1) is 23.4. The Hall–Kier alpha value is -3.79. The van der Waals surface area contributed by atoms with Crippen molar-refractivity contribution in [3.05, 3.63) is 71.8 Å². The molecular formula is C24H23FN2O7. The standard InChI is InChI=1S/C24H23FN2O7/c1-14-12-27(24(31)26-20(14)28)21-18(25)19(34-23(30)16-10-6-3-7-11-16)17(33-21)13-32-22(29)15-8-4-2-5-9-15/h2-11,14,17-19,21H,12-13H2,1H3,(H,26,28,31)/t14?,17-,18+,19-,21-/m1/s1. The number of carbonyl (C=O) groups excluding carboxylic acids is 4. The minimum Gasteiger partial charge on any atom is -0.459 e. The van der Waals surface area contributed by atoms with E-state index in [4.69, 9.17) is 14.2 Å². The first-order valence-corrected chi connectivity index (χ1v) is 10.7. The molecule has 34 heavy (non-hydrogen) atoms. The Morgan fingerprint density at radius 3 is 2.24 bits per heavy atom. The Morgan fingerprint density at radius 1 is 1.03 bits per heavy atom. The van der Waals surface area contributed by atoms with Crippen molar-refractivity contribution in [2.45, 2.75) is 31.5 Å².